The minimum Gasteiger partial charge on any atom is -0.356 e. The second kappa shape index (κ2) is 7.85. The number of anilines is 1. The summed E-state index contributed by atoms with van der Waals surface area (Å²) in [4.78, 5) is 15.1. The van der Waals surface area contributed by atoms with Gasteiger partial charge in [0.05, 0.1) is 0 Å². The van der Waals surface area contributed by atoms with Crippen LogP contribution in [0.15, 0.2) is 17.2 Å². The first kappa shape index (κ1) is 18.4. The van der Waals surface area contributed by atoms with Crippen LogP contribution in [0.2, 0.25) is 0 Å². The van der Waals surface area contributed by atoms with Crippen molar-refractivity contribution < 1.29 is 13.2 Å². The summed E-state index contributed by atoms with van der Waals surface area (Å²) < 4.78 is 26.7. The molecule has 0 radical (unpaired) electrons. The van der Waals surface area contributed by atoms with E-state index in [1.807, 2.05) is 6.92 Å². The quantitative estimate of drug-likeness (QED) is 0.764. The summed E-state index contributed by atoms with van der Waals surface area (Å²) in [5, 5.41) is 11.8. The molecule has 3 heterocycles. The van der Waals surface area contributed by atoms with E-state index in [1.165, 1.54) is 27.9 Å². The largest absolute Gasteiger partial charge is 0.356 e. The topological polar surface area (TPSA) is 108 Å². The summed E-state index contributed by atoms with van der Waals surface area (Å²) >= 11 is 3.06. The Morgan fingerprint density at radius 2 is 2.12 bits per heavy atom. The number of carbonyl (C=O) groups excluding carboxylic acids is 1. The number of nitrogens with zero attached hydrogens (tertiary/aromatic N) is 3. The van der Waals surface area contributed by atoms with E-state index >= 15 is 0 Å². The minimum atomic E-state index is -3.57. The fraction of sp³-hybridized carbons (Fsp3) is 0.500. The second-order valence-corrected chi connectivity index (χ2v) is 9.70. The first-order valence-corrected chi connectivity index (χ1v) is 11.3. The summed E-state index contributed by atoms with van der Waals surface area (Å²) in [7, 11) is -3.57. The zero-order chi connectivity index (χ0) is 17.9. The Balaban J connectivity index is 1.70. The molecule has 2 aromatic rings. The molecule has 1 aliphatic heterocycles. The second-order valence-electron chi connectivity index (χ2n) is 5.47. The third-order valence-corrected chi connectivity index (χ3v) is 7.38. The molecule has 0 bridgehead atoms. The van der Waals surface area contributed by atoms with E-state index in [9.17, 15) is 13.2 Å². The highest BCUT2D eigenvalue weighted by Gasteiger charge is 2.27. The fourth-order valence-corrected chi connectivity index (χ4v) is 5.78. The average molecular weight is 402 g/mol. The van der Waals surface area contributed by atoms with Gasteiger partial charge in [-0.05, 0) is 12.5 Å². The number of nitrogens with one attached hydrogen (secondary N) is 2. The standard InChI is InChI=1S/C14H19N5O3S3/c1-2-3-12-17-18-14(24-12)16-13(20)11-8-10(9-15-11)25(21,22)19-4-6-23-7-5-19/h8-9,15H,2-7H2,1H3,(H,16,18,20). The van der Waals surface area contributed by atoms with Crippen LogP contribution in [0.4, 0.5) is 5.13 Å². The average Bonchev–Trinajstić information content (AvgIpc) is 3.26. The maximum Gasteiger partial charge on any atom is 0.273 e. The molecule has 8 nitrogen and oxygen atoms in total. The zero-order valence-corrected chi connectivity index (χ0v) is 16.1. The molecule has 2 aromatic heterocycles. The molecule has 0 unspecified atom stereocenters. The Kier molecular flexibility index (Phi) is 5.77. The maximum absolute atomic E-state index is 12.6. The van der Waals surface area contributed by atoms with Gasteiger partial charge in [0.2, 0.25) is 15.2 Å². The normalized spacial score (nSPS) is 16.0. The van der Waals surface area contributed by atoms with Crippen molar-refractivity contribution in [1.29, 1.82) is 0 Å². The van der Waals surface area contributed by atoms with Crippen molar-refractivity contribution in [2.75, 3.05) is 29.9 Å². The summed E-state index contributed by atoms with van der Waals surface area (Å²) in [5.41, 5.74) is 0.178. The van der Waals surface area contributed by atoms with E-state index in [0.29, 0.717) is 18.2 Å². The molecule has 1 fully saturated rings. The van der Waals surface area contributed by atoms with E-state index in [2.05, 4.69) is 20.5 Å². The lowest BCUT2D eigenvalue weighted by Crippen LogP contribution is -2.37. The van der Waals surface area contributed by atoms with Crippen LogP contribution < -0.4 is 5.32 Å². The molecule has 1 amide bonds. The smallest absolute Gasteiger partial charge is 0.273 e. The zero-order valence-electron chi connectivity index (χ0n) is 13.7. The van der Waals surface area contributed by atoms with E-state index in [1.54, 1.807) is 11.8 Å². The predicted molar refractivity (Wildman–Crippen MR) is 98.7 cm³/mol. The van der Waals surface area contributed by atoms with E-state index in [4.69, 9.17) is 0 Å². The Morgan fingerprint density at radius 3 is 2.84 bits per heavy atom. The first-order valence-electron chi connectivity index (χ1n) is 7.90. The Morgan fingerprint density at radius 1 is 1.36 bits per heavy atom. The number of aryl methyl sites for hydroxylation is 1. The summed E-state index contributed by atoms with van der Waals surface area (Å²) in [6, 6.07) is 1.36. The molecule has 2 N–H and O–H groups in total. The van der Waals surface area contributed by atoms with Gasteiger partial charge in [-0.25, -0.2) is 8.42 Å². The van der Waals surface area contributed by atoms with Gasteiger partial charge < -0.3 is 4.98 Å². The molecule has 0 saturated carbocycles. The Hall–Kier alpha value is -1.43. The van der Waals surface area contributed by atoms with Gasteiger partial charge in [-0.15, -0.1) is 10.2 Å². The van der Waals surface area contributed by atoms with Crippen LogP contribution in [0.1, 0.15) is 28.8 Å². The van der Waals surface area contributed by atoms with Crippen molar-refractivity contribution in [3.63, 3.8) is 0 Å². The van der Waals surface area contributed by atoms with Gasteiger partial charge in [0, 0.05) is 37.2 Å². The Bertz CT molecular complexity index is 840. The van der Waals surface area contributed by atoms with Crippen molar-refractivity contribution in [3.8, 4) is 0 Å². The number of amides is 1. The summed E-state index contributed by atoms with van der Waals surface area (Å²) in [5.74, 6) is 1.14. The number of hydrogen-bond donors (Lipinski definition) is 2. The number of carbonyl (C=O) groups is 1. The lowest BCUT2D eigenvalue weighted by atomic mass is 10.4. The highest BCUT2D eigenvalue weighted by molar-refractivity contribution is 7.99. The van der Waals surface area contributed by atoms with E-state index in [0.717, 1.165) is 29.4 Å². The fourth-order valence-electron chi connectivity index (χ4n) is 2.37. The van der Waals surface area contributed by atoms with Crippen molar-refractivity contribution >= 4 is 44.2 Å². The van der Waals surface area contributed by atoms with Crippen molar-refractivity contribution in [3.05, 3.63) is 23.0 Å². The molecular formula is C14H19N5O3S3. The number of hydrogen-bond acceptors (Lipinski definition) is 7. The van der Waals surface area contributed by atoms with Crippen LogP contribution in [0.3, 0.4) is 0 Å². The number of sulfonamides is 1. The molecular weight excluding hydrogens is 382 g/mol. The Labute approximate surface area is 154 Å². The van der Waals surface area contributed by atoms with Gasteiger partial charge in [0.15, 0.2) is 0 Å². The summed E-state index contributed by atoms with van der Waals surface area (Å²) in [6.45, 7) is 3.02. The number of H-pyrrole nitrogens is 1. The van der Waals surface area contributed by atoms with Gasteiger partial charge in [-0.2, -0.15) is 16.1 Å². The molecule has 25 heavy (non-hydrogen) atoms. The van der Waals surface area contributed by atoms with E-state index in [-0.39, 0.29) is 10.6 Å². The molecule has 11 heteroatoms. The van der Waals surface area contributed by atoms with Crippen LogP contribution in [0, 0.1) is 0 Å². The number of thioether (sulfide) groups is 1. The molecule has 3 rings (SSSR count). The molecule has 0 aromatic carbocycles. The van der Waals surface area contributed by atoms with Crippen molar-refractivity contribution in [2.45, 2.75) is 24.7 Å². The van der Waals surface area contributed by atoms with Gasteiger partial charge in [-0.1, -0.05) is 18.3 Å². The van der Waals surface area contributed by atoms with Crippen molar-refractivity contribution in [2.24, 2.45) is 0 Å². The lowest BCUT2D eigenvalue weighted by Gasteiger charge is -2.24. The van der Waals surface area contributed by atoms with Gasteiger partial charge in [0.25, 0.3) is 5.91 Å². The van der Waals surface area contributed by atoms with Crippen LogP contribution in [0.5, 0.6) is 0 Å². The first-order chi connectivity index (χ1) is 12.0. The van der Waals surface area contributed by atoms with Gasteiger partial charge in [-0.3, -0.25) is 10.1 Å². The van der Waals surface area contributed by atoms with Gasteiger partial charge in [0.1, 0.15) is 15.6 Å². The van der Waals surface area contributed by atoms with Crippen LogP contribution in [-0.4, -0.2) is 58.4 Å². The molecule has 1 aliphatic rings. The van der Waals surface area contributed by atoms with Gasteiger partial charge >= 0.3 is 0 Å². The summed E-state index contributed by atoms with van der Waals surface area (Å²) in [6.07, 6.45) is 3.12. The van der Waals surface area contributed by atoms with Crippen LogP contribution in [0.25, 0.3) is 0 Å². The molecule has 1 saturated heterocycles. The van der Waals surface area contributed by atoms with E-state index < -0.39 is 15.9 Å². The molecule has 0 aliphatic carbocycles. The molecule has 136 valence electrons. The third kappa shape index (κ3) is 4.22. The third-order valence-electron chi connectivity index (χ3n) is 3.66. The minimum absolute atomic E-state index is 0.105. The number of aromatic nitrogens is 3. The molecule has 0 atom stereocenters. The predicted octanol–water partition coefficient (Wildman–Crippen LogP) is 1.81. The van der Waals surface area contributed by atoms with Crippen LogP contribution in [-0.2, 0) is 16.4 Å². The SMILES string of the molecule is CCCc1nnc(NC(=O)c2cc(S(=O)(=O)N3CCSCC3)c[nH]2)s1. The number of rotatable bonds is 6. The number of aromatic amines is 1. The highest BCUT2D eigenvalue weighted by atomic mass is 32.2. The van der Waals surface area contributed by atoms with Crippen LogP contribution >= 0.6 is 23.1 Å². The maximum atomic E-state index is 12.6. The van der Waals surface area contributed by atoms with Crippen molar-refractivity contribution in [1.82, 2.24) is 19.5 Å². The highest BCUT2D eigenvalue weighted by Crippen LogP contribution is 2.22. The molecule has 0 spiro atoms. The lowest BCUT2D eigenvalue weighted by molar-refractivity contribution is 0.102. The monoisotopic (exact) mass is 401 g/mol.